The summed E-state index contributed by atoms with van der Waals surface area (Å²) >= 11 is 6.10. The van der Waals surface area contributed by atoms with Crippen molar-refractivity contribution in [1.82, 2.24) is 0 Å². The van der Waals surface area contributed by atoms with Crippen molar-refractivity contribution in [2.45, 2.75) is 19.9 Å². The second-order valence-corrected chi connectivity index (χ2v) is 4.60. The van der Waals surface area contributed by atoms with E-state index < -0.39 is 0 Å². The highest BCUT2D eigenvalue weighted by atomic mass is 35.5. The Balaban J connectivity index is 2.77. The average Bonchev–Trinajstić information content (AvgIpc) is 2.20. The van der Waals surface area contributed by atoms with E-state index in [1.165, 1.54) is 0 Å². The Kier molecular flexibility index (Phi) is 4.90. The van der Waals surface area contributed by atoms with Crippen LogP contribution in [0.3, 0.4) is 0 Å². The lowest BCUT2D eigenvalue weighted by Crippen LogP contribution is -2.30. The van der Waals surface area contributed by atoms with Crippen molar-refractivity contribution in [1.29, 1.82) is 0 Å². The summed E-state index contributed by atoms with van der Waals surface area (Å²) in [6.45, 7) is 4.93. The van der Waals surface area contributed by atoms with Gasteiger partial charge in [-0.2, -0.15) is 0 Å². The molecule has 0 fully saturated rings. The summed E-state index contributed by atoms with van der Waals surface area (Å²) in [4.78, 5) is 0. The number of nitrogen functional groups attached to an aromatic ring is 1. The van der Waals surface area contributed by atoms with Gasteiger partial charge in [-0.1, -0.05) is 25.4 Å². The standard InChI is InChI=1S/C12H19ClN2O/c1-8(2)12(7-16-3)15-11-5-4-9(14)6-10(11)13/h4-6,8,12,15H,7,14H2,1-3H3. The van der Waals surface area contributed by atoms with E-state index in [1.807, 2.05) is 12.1 Å². The largest absolute Gasteiger partial charge is 0.399 e. The van der Waals surface area contributed by atoms with E-state index in [0.29, 0.717) is 23.2 Å². The fraction of sp³-hybridized carbons (Fsp3) is 0.500. The maximum atomic E-state index is 6.10. The lowest BCUT2D eigenvalue weighted by Gasteiger charge is -2.23. The molecule has 0 aliphatic heterocycles. The molecule has 1 atom stereocenters. The molecule has 0 aromatic heterocycles. The first-order chi connectivity index (χ1) is 7.54. The Morgan fingerprint density at radius 2 is 2.12 bits per heavy atom. The van der Waals surface area contributed by atoms with Gasteiger partial charge in [0.25, 0.3) is 0 Å². The molecule has 0 bridgehead atoms. The Morgan fingerprint density at radius 1 is 1.44 bits per heavy atom. The minimum atomic E-state index is 0.242. The normalized spacial score (nSPS) is 12.8. The number of nitrogens with two attached hydrogens (primary N) is 1. The van der Waals surface area contributed by atoms with Crippen LogP contribution in [0.2, 0.25) is 5.02 Å². The van der Waals surface area contributed by atoms with Gasteiger partial charge in [0.1, 0.15) is 0 Å². The molecule has 90 valence electrons. The first kappa shape index (κ1) is 13.1. The van der Waals surface area contributed by atoms with Crippen LogP contribution in [0.15, 0.2) is 18.2 Å². The molecule has 1 aromatic rings. The van der Waals surface area contributed by atoms with Gasteiger partial charge in [-0.05, 0) is 24.1 Å². The van der Waals surface area contributed by atoms with E-state index >= 15 is 0 Å². The van der Waals surface area contributed by atoms with E-state index in [-0.39, 0.29) is 6.04 Å². The molecule has 0 aliphatic rings. The highest BCUT2D eigenvalue weighted by molar-refractivity contribution is 6.33. The molecule has 3 N–H and O–H groups in total. The van der Waals surface area contributed by atoms with Crippen LogP contribution in [-0.4, -0.2) is 19.8 Å². The molecule has 0 aliphatic carbocycles. The van der Waals surface area contributed by atoms with Gasteiger partial charge in [0.15, 0.2) is 0 Å². The first-order valence-electron chi connectivity index (χ1n) is 5.35. The molecule has 0 heterocycles. The molecule has 1 rings (SSSR count). The van der Waals surface area contributed by atoms with Crippen molar-refractivity contribution in [3.05, 3.63) is 23.2 Å². The SMILES string of the molecule is COCC(Nc1ccc(N)cc1Cl)C(C)C. The summed E-state index contributed by atoms with van der Waals surface area (Å²) in [6, 6.07) is 5.71. The summed E-state index contributed by atoms with van der Waals surface area (Å²) in [7, 11) is 1.70. The van der Waals surface area contributed by atoms with Crippen LogP contribution in [-0.2, 0) is 4.74 Å². The number of methoxy groups -OCH3 is 1. The summed E-state index contributed by atoms with van der Waals surface area (Å²) in [6.07, 6.45) is 0. The molecular formula is C12H19ClN2O. The number of hydrogen-bond acceptors (Lipinski definition) is 3. The Morgan fingerprint density at radius 3 is 2.62 bits per heavy atom. The highest BCUT2D eigenvalue weighted by Crippen LogP contribution is 2.25. The molecule has 0 saturated carbocycles. The highest BCUT2D eigenvalue weighted by Gasteiger charge is 2.14. The lowest BCUT2D eigenvalue weighted by molar-refractivity contribution is 0.171. The van der Waals surface area contributed by atoms with Crippen LogP contribution in [0.5, 0.6) is 0 Å². The Hall–Kier alpha value is -0.930. The Bertz CT molecular complexity index is 342. The van der Waals surface area contributed by atoms with Crippen molar-refractivity contribution < 1.29 is 4.74 Å². The van der Waals surface area contributed by atoms with E-state index in [1.54, 1.807) is 13.2 Å². The van der Waals surface area contributed by atoms with Crippen molar-refractivity contribution in [3.8, 4) is 0 Å². The minimum Gasteiger partial charge on any atom is -0.399 e. The third-order valence-electron chi connectivity index (χ3n) is 2.49. The number of hydrogen-bond donors (Lipinski definition) is 2. The van der Waals surface area contributed by atoms with Gasteiger partial charge >= 0.3 is 0 Å². The maximum Gasteiger partial charge on any atom is 0.0666 e. The number of rotatable bonds is 5. The Labute approximate surface area is 102 Å². The number of nitrogens with one attached hydrogen (secondary N) is 1. The van der Waals surface area contributed by atoms with Gasteiger partial charge < -0.3 is 15.8 Å². The van der Waals surface area contributed by atoms with Crippen LogP contribution in [0.25, 0.3) is 0 Å². The second-order valence-electron chi connectivity index (χ2n) is 4.19. The summed E-state index contributed by atoms with van der Waals surface area (Å²) in [5.41, 5.74) is 7.20. The first-order valence-corrected chi connectivity index (χ1v) is 5.73. The number of benzene rings is 1. The smallest absolute Gasteiger partial charge is 0.0666 e. The number of ether oxygens (including phenoxy) is 1. The second kappa shape index (κ2) is 5.97. The van der Waals surface area contributed by atoms with Gasteiger partial charge in [0.05, 0.1) is 23.4 Å². The molecule has 0 radical (unpaired) electrons. The number of halogens is 1. The fourth-order valence-corrected chi connectivity index (χ4v) is 1.67. The van der Waals surface area contributed by atoms with Crippen molar-refractivity contribution in [2.24, 2.45) is 5.92 Å². The molecule has 3 nitrogen and oxygen atoms in total. The van der Waals surface area contributed by atoms with E-state index in [4.69, 9.17) is 22.1 Å². The summed E-state index contributed by atoms with van der Waals surface area (Å²) in [5.74, 6) is 0.466. The predicted octanol–water partition coefficient (Wildman–Crippen LogP) is 3.01. The fourth-order valence-electron chi connectivity index (χ4n) is 1.43. The zero-order valence-electron chi connectivity index (χ0n) is 9.96. The third-order valence-corrected chi connectivity index (χ3v) is 2.80. The van der Waals surface area contributed by atoms with E-state index in [0.717, 1.165) is 5.69 Å². The molecule has 0 saturated heterocycles. The van der Waals surface area contributed by atoms with Crippen LogP contribution >= 0.6 is 11.6 Å². The van der Waals surface area contributed by atoms with Crippen LogP contribution in [0, 0.1) is 5.92 Å². The van der Waals surface area contributed by atoms with Gasteiger partial charge in [0, 0.05) is 12.8 Å². The van der Waals surface area contributed by atoms with E-state index in [9.17, 15) is 0 Å². The monoisotopic (exact) mass is 242 g/mol. The van der Waals surface area contributed by atoms with Crippen molar-refractivity contribution in [2.75, 3.05) is 24.8 Å². The molecule has 1 unspecified atom stereocenters. The summed E-state index contributed by atoms with van der Waals surface area (Å²) in [5, 5.41) is 4.00. The molecule has 16 heavy (non-hydrogen) atoms. The minimum absolute atomic E-state index is 0.242. The predicted molar refractivity (Wildman–Crippen MR) is 70.0 cm³/mol. The van der Waals surface area contributed by atoms with Crippen LogP contribution in [0.4, 0.5) is 11.4 Å². The van der Waals surface area contributed by atoms with E-state index in [2.05, 4.69) is 19.2 Å². The molecule has 4 heteroatoms. The maximum absolute atomic E-state index is 6.10. The molecule has 0 amide bonds. The topological polar surface area (TPSA) is 47.3 Å². The average molecular weight is 243 g/mol. The third kappa shape index (κ3) is 3.58. The molecule has 1 aromatic carbocycles. The van der Waals surface area contributed by atoms with Crippen LogP contribution in [0.1, 0.15) is 13.8 Å². The summed E-state index contributed by atoms with van der Waals surface area (Å²) < 4.78 is 5.17. The quantitative estimate of drug-likeness (QED) is 0.781. The van der Waals surface area contributed by atoms with Gasteiger partial charge in [-0.15, -0.1) is 0 Å². The zero-order valence-corrected chi connectivity index (χ0v) is 10.7. The molecular weight excluding hydrogens is 224 g/mol. The zero-order chi connectivity index (χ0) is 12.1. The van der Waals surface area contributed by atoms with Gasteiger partial charge in [0.2, 0.25) is 0 Å². The van der Waals surface area contributed by atoms with Gasteiger partial charge in [-0.25, -0.2) is 0 Å². The lowest BCUT2D eigenvalue weighted by atomic mass is 10.1. The molecule has 0 spiro atoms. The van der Waals surface area contributed by atoms with Crippen LogP contribution < -0.4 is 11.1 Å². The van der Waals surface area contributed by atoms with Gasteiger partial charge in [-0.3, -0.25) is 0 Å². The number of anilines is 2. The van der Waals surface area contributed by atoms with Crippen molar-refractivity contribution in [3.63, 3.8) is 0 Å². The van der Waals surface area contributed by atoms with Crippen molar-refractivity contribution >= 4 is 23.0 Å².